The Morgan fingerprint density at radius 3 is 2.68 bits per heavy atom. The highest BCUT2D eigenvalue weighted by Gasteiger charge is 2.32. The molecule has 0 aromatic heterocycles. The lowest BCUT2D eigenvalue weighted by atomic mass is 9.79. The molecule has 3 nitrogen and oxygen atoms in total. The van der Waals surface area contributed by atoms with Crippen LogP contribution in [0.25, 0.3) is 0 Å². The second kappa shape index (κ2) is 6.70. The molecule has 1 aromatic rings. The van der Waals surface area contributed by atoms with Crippen molar-refractivity contribution in [2.75, 3.05) is 12.4 Å². The van der Waals surface area contributed by atoms with Crippen LogP contribution < -0.4 is 10.6 Å². The van der Waals surface area contributed by atoms with Crippen LogP contribution in [0.4, 0.5) is 5.69 Å². The highest BCUT2D eigenvalue weighted by molar-refractivity contribution is 14.1. The number of amides is 1. The van der Waals surface area contributed by atoms with Crippen LogP contribution in [0.2, 0.25) is 0 Å². The summed E-state index contributed by atoms with van der Waals surface area (Å²) in [5.74, 6) is 0.109. The fourth-order valence-corrected chi connectivity index (χ4v) is 3.37. The van der Waals surface area contributed by atoms with E-state index in [1.54, 1.807) is 0 Å². The van der Waals surface area contributed by atoms with Crippen molar-refractivity contribution in [3.8, 4) is 0 Å². The van der Waals surface area contributed by atoms with Crippen molar-refractivity contribution in [1.82, 2.24) is 5.32 Å². The zero-order chi connectivity index (χ0) is 13.7. The molecule has 1 aliphatic carbocycles. The number of hydrogen-bond acceptors (Lipinski definition) is 2. The Bertz CT molecular complexity index is 442. The van der Waals surface area contributed by atoms with E-state index in [1.165, 1.54) is 19.3 Å². The molecule has 1 saturated carbocycles. The number of benzene rings is 1. The third kappa shape index (κ3) is 4.18. The summed E-state index contributed by atoms with van der Waals surface area (Å²) in [6.45, 7) is 0. The molecule has 0 heterocycles. The number of carbonyl (C=O) groups is 1. The van der Waals surface area contributed by atoms with Crippen LogP contribution in [-0.4, -0.2) is 18.5 Å². The van der Waals surface area contributed by atoms with Gasteiger partial charge in [-0.1, -0.05) is 25.3 Å². The predicted molar refractivity (Wildman–Crippen MR) is 87.3 cm³/mol. The molecule has 0 unspecified atom stereocenters. The van der Waals surface area contributed by atoms with Crippen LogP contribution in [-0.2, 0) is 4.79 Å². The van der Waals surface area contributed by atoms with Gasteiger partial charge in [-0.3, -0.25) is 4.79 Å². The zero-order valence-electron chi connectivity index (χ0n) is 11.3. The van der Waals surface area contributed by atoms with Crippen LogP contribution in [0.15, 0.2) is 24.3 Å². The van der Waals surface area contributed by atoms with Gasteiger partial charge in [0.05, 0.1) is 0 Å². The van der Waals surface area contributed by atoms with Gasteiger partial charge in [-0.2, -0.15) is 0 Å². The lowest BCUT2D eigenvalue weighted by molar-refractivity contribution is -0.117. The highest BCUT2D eigenvalue weighted by atomic mass is 127. The van der Waals surface area contributed by atoms with Crippen LogP contribution in [0.5, 0.6) is 0 Å². The molecular weight excluding hydrogens is 351 g/mol. The maximum Gasteiger partial charge on any atom is 0.226 e. The lowest BCUT2D eigenvalue weighted by Crippen LogP contribution is -2.47. The molecule has 0 bridgehead atoms. The van der Waals surface area contributed by atoms with Gasteiger partial charge in [0.1, 0.15) is 0 Å². The van der Waals surface area contributed by atoms with Gasteiger partial charge >= 0.3 is 0 Å². The minimum atomic E-state index is 0.00423. The maximum absolute atomic E-state index is 12.2. The number of hydrogen-bond donors (Lipinski definition) is 2. The van der Waals surface area contributed by atoms with Crippen LogP contribution in [0.1, 0.15) is 38.5 Å². The lowest BCUT2D eigenvalue weighted by Gasteiger charge is -2.36. The number of carbonyl (C=O) groups excluding carboxylic acids is 1. The fraction of sp³-hybridized carbons (Fsp3) is 0.533. The molecule has 0 atom stereocenters. The molecule has 1 aliphatic rings. The average Bonchev–Trinajstić information content (AvgIpc) is 2.39. The molecule has 19 heavy (non-hydrogen) atoms. The molecule has 0 saturated heterocycles. The van der Waals surface area contributed by atoms with E-state index in [4.69, 9.17) is 0 Å². The number of halogens is 1. The summed E-state index contributed by atoms with van der Waals surface area (Å²) in [6, 6.07) is 7.91. The van der Waals surface area contributed by atoms with Crippen LogP contribution in [0, 0.1) is 3.57 Å². The topological polar surface area (TPSA) is 41.1 Å². The van der Waals surface area contributed by atoms with E-state index in [1.807, 2.05) is 31.3 Å². The van der Waals surface area contributed by atoms with Gasteiger partial charge in [0, 0.05) is 21.2 Å². The Hall–Kier alpha value is -0.620. The standard InChI is InChI=1S/C15H21IN2O/c1-17-15(8-3-2-4-9-15)11-14(19)18-13-7-5-6-12(16)10-13/h5-7,10,17H,2-4,8-9,11H2,1H3,(H,18,19). The van der Waals surface area contributed by atoms with Crippen LogP contribution in [0.3, 0.4) is 0 Å². The first-order chi connectivity index (χ1) is 9.13. The molecule has 0 spiro atoms. The summed E-state index contributed by atoms with van der Waals surface area (Å²) in [5, 5.41) is 6.39. The molecule has 2 N–H and O–H groups in total. The van der Waals surface area contributed by atoms with Crippen molar-refractivity contribution in [2.45, 2.75) is 44.1 Å². The normalized spacial score (nSPS) is 18.0. The summed E-state index contributed by atoms with van der Waals surface area (Å²) in [4.78, 5) is 12.2. The zero-order valence-corrected chi connectivity index (χ0v) is 13.5. The first-order valence-electron chi connectivity index (χ1n) is 6.88. The molecular formula is C15H21IN2O. The number of rotatable bonds is 4. The molecule has 0 radical (unpaired) electrons. The molecule has 1 fully saturated rings. The summed E-state index contributed by atoms with van der Waals surface area (Å²) < 4.78 is 1.14. The third-order valence-corrected chi connectivity index (χ3v) is 4.62. The predicted octanol–water partition coefficient (Wildman–Crippen LogP) is 3.54. The summed E-state index contributed by atoms with van der Waals surface area (Å²) in [5.41, 5.74) is 0.892. The van der Waals surface area contributed by atoms with E-state index in [-0.39, 0.29) is 11.4 Å². The highest BCUT2D eigenvalue weighted by Crippen LogP contribution is 2.31. The van der Waals surface area contributed by atoms with E-state index >= 15 is 0 Å². The van der Waals surface area contributed by atoms with E-state index in [9.17, 15) is 4.79 Å². The molecule has 1 aromatic carbocycles. The Morgan fingerprint density at radius 1 is 1.32 bits per heavy atom. The van der Waals surface area contributed by atoms with Gasteiger partial charge < -0.3 is 10.6 Å². The second-order valence-corrected chi connectivity index (χ2v) is 6.57. The molecule has 4 heteroatoms. The van der Waals surface area contributed by atoms with Crippen molar-refractivity contribution >= 4 is 34.2 Å². The Morgan fingerprint density at radius 2 is 2.05 bits per heavy atom. The monoisotopic (exact) mass is 372 g/mol. The van der Waals surface area contributed by atoms with E-state index < -0.39 is 0 Å². The fourth-order valence-electron chi connectivity index (χ4n) is 2.82. The third-order valence-electron chi connectivity index (χ3n) is 3.95. The van der Waals surface area contributed by atoms with Gasteiger partial charge in [-0.15, -0.1) is 0 Å². The quantitative estimate of drug-likeness (QED) is 0.794. The van der Waals surface area contributed by atoms with Gasteiger partial charge in [0.15, 0.2) is 0 Å². The van der Waals surface area contributed by atoms with Gasteiger partial charge in [-0.05, 0) is 60.7 Å². The second-order valence-electron chi connectivity index (χ2n) is 5.33. The Labute approximate surface area is 128 Å². The van der Waals surface area contributed by atoms with Crippen molar-refractivity contribution in [3.63, 3.8) is 0 Å². The van der Waals surface area contributed by atoms with Crippen molar-refractivity contribution in [2.24, 2.45) is 0 Å². The van der Waals surface area contributed by atoms with Gasteiger partial charge in [0.25, 0.3) is 0 Å². The largest absolute Gasteiger partial charge is 0.326 e. The van der Waals surface area contributed by atoms with E-state index in [2.05, 4.69) is 33.2 Å². The van der Waals surface area contributed by atoms with Crippen molar-refractivity contribution < 1.29 is 4.79 Å². The molecule has 1 amide bonds. The molecule has 0 aliphatic heterocycles. The SMILES string of the molecule is CNC1(CC(=O)Nc2cccc(I)c2)CCCCC1. The Kier molecular flexibility index (Phi) is 5.21. The first kappa shape index (κ1) is 14.8. The maximum atomic E-state index is 12.2. The summed E-state index contributed by atoms with van der Waals surface area (Å²) in [7, 11) is 1.98. The average molecular weight is 372 g/mol. The summed E-state index contributed by atoms with van der Waals surface area (Å²) in [6.07, 6.45) is 6.50. The number of anilines is 1. The van der Waals surface area contributed by atoms with Gasteiger partial charge in [-0.25, -0.2) is 0 Å². The van der Waals surface area contributed by atoms with Crippen molar-refractivity contribution in [3.05, 3.63) is 27.8 Å². The van der Waals surface area contributed by atoms with Crippen LogP contribution >= 0.6 is 22.6 Å². The van der Waals surface area contributed by atoms with E-state index in [0.29, 0.717) is 6.42 Å². The molecule has 2 rings (SSSR count). The minimum Gasteiger partial charge on any atom is -0.326 e. The molecule has 104 valence electrons. The Balaban J connectivity index is 1.96. The van der Waals surface area contributed by atoms with Crippen molar-refractivity contribution in [1.29, 1.82) is 0 Å². The minimum absolute atomic E-state index is 0.00423. The van der Waals surface area contributed by atoms with E-state index in [0.717, 1.165) is 22.1 Å². The first-order valence-corrected chi connectivity index (χ1v) is 7.96. The smallest absolute Gasteiger partial charge is 0.226 e. The van der Waals surface area contributed by atoms with Gasteiger partial charge in [0.2, 0.25) is 5.91 Å². The number of nitrogens with one attached hydrogen (secondary N) is 2. The summed E-state index contributed by atoms with van der Waals surface area (Å²) >= 11 is 2.25.